The van der Waals surface area contributed by atoms with Crippen molar-refractivity contribution in [3.05, 3.63) is 65.2 Å². The van der Waals surface area contributed by atoms with Crippen LogP contribution in [-0.2, 0) is 23.2 Å². The first-order valence-electron chi connectivity index (χ1n) is 7.85. The minimum absolute atomic E-state index is 0. The molecule has 0 radical (unpaired) electrons. The van der Waals surface area contributed by atoms with Crippen molar-refractivity contribution in [3.63, 3.8) is 0 Å². The molecule has 1 aliphatic carbocycles. The fraction of sp³-hybridized carbons (Fsp3) is 0.316. The van der Waals surface area contributed by atoms with Gasteiger partial charge in [-0.05, 0) is 55.4 Å². The Hall–Kier alpha value is -1.84. The van der Waals surface area contributed by atoms with E-state index >= 15 is 0 Å². The molecule has 0 bridgehead atoms. The van der Waals surface area contributed by atoms with Crippen LogP contribution in [0, 0.1) is 0 Å². The Kier molecular flexibility index (Phi) is 5.45. The number of fused-ring (bicyclic) bond motifs is 1. The van der Waals surface area contributed by atoms with Gasteiger partial charge in [0.2, 0.25) is 5.91 Å². The number of aryl methyl sites for hydroxylation is 1. The maximum absolute atomic E-state index is 12.7. The van der Waals surface area contributed by atoms with Crippen molar-refractivity contribution in [2.75, 3.05) is 5.32 Å². The molecule has 122 valence electrons. The summed E-state index contributed by atoms with van der Waals surface area (Å²) in [7, 11) is 0. The monoisotopic (exact) mass is 330 g/mol. The summed E-state index contributed by atoms with van der Waals surface area (Å²) in [6.45, 7) is 1.76. The number of benzene rings is 2. The van der Waals surface area contributed by atoms with E-state index < -0.39 is 5.54 Å². The van der Waals surface area contributed by atoms with Gasteiger partial charge < -0.3 is 11.1 Å². The molecule has 0 aromatic heterocycles. The summed E-state index contributed by atoms with van der Waals surface area (Å²) in [5.41, 5.74) is 9.60. The van der Waals surface area contributed by atoms with Crippen LogP contribution < -0.4 is 11.1 Å². The number of hydrogen-bond donors (Lipinski definition) is 2. The zero-order valence-corrected chi connectivity index (χ0v) is 14.2. The highest BCUT2D eigenvalue weighted by molar-refractivity contribution is 5.99. The van der Waals surface area contributed by atoms with Crippen LogP contribution in [0.25, 0.3) is 0 Å². The molecule has 1 atom stereocenters. The van der Waals surface area contributed by atoms with Crippen LogP contribution >= 0.6 is 12.4 Å². The third-order valence-electron chi connectivity index (χ3n) is 4.49. The maximum Gasteiger partial charge on any atom is 0.248 e. The average molecular weight is 331 g/mol. The molecule has 3 N–H and O–H groups in total. The van der Waals surface area contributed by atoms with Crippen molar-refractivity contribution >= 4 is 24.0 Å². The molecule has 0 aliphatic heterocycles. The predicted molar refractivity (Wildman–Crippen MR) is 96.9 cm³/mol. The van der Waals surface area contributed by atoms with Crippen LogP contribution in [-0.4, -0.2) is 5.91 Å². The number of nitrogens with one attached hydrogen (secondary N) is 1. The van der Waals surface area contributed by atoms with Crippen LogP contribution in [0.2, 0.25) is 0 Å². The predicted octanol–water partition coefficient (Wildman–Crippen LogP) is 3.80. The molecule has 4 heteroatoms. The summed E-state index contributed by atoms with van der Waals surface area (Å²) in [4.78, 5) is 12.7. The fourth-order valence-corrected chi connectivity index (χ4v) is 3.07. The Labute approximate surface area is 143 Å². The topological polar surface area (TPSA) is 55.1 Å². The summed E-state index contributed by atoms with van der Waals surface area (Å²) < 4.78 is 0. The molecule has 0 saturated carbocycles. The third-order valence-corrected chi connectivity index (χ3v) is 4.49. The van der Waals surface area contributed by atoms with Gasteiger partial charge in [0.25, 0.3) is 0 Å². The molecule has 3 rings (SSSR count). The lowest BCUT2D eigenvalue weighted by molar-refractivity contribution is -0.120. The molecule has 0 saturated heterocycles. The SMILES string of the molecule is CC(N)(C(=O)Nc1cccc2c1CCCC2)c1ccccc1.Cl. The number of carbonyl (C=O) groups is 1. The molecule has 0 spiro atoms. The number of hydrogen-bond acceptors (Lipinski definition) is 2. The normalized spacial score (nSPS) is 15.7. The van der Waals surface area contributed by atoms with Crippen molar-refractivity contribution < 1.29 is 4.79 Å². The van der Waals surface area contributed by atoms with Crippen LogP contribution in [0.1, 0.15) is 36.5 Å². The van der Waals surface area contributed by atoms with E-state index in [1.165, 1.54) is 24.0 Å². The zero-order valence-electron chi connectivity index (χ0n) is 13.3. The van der Waals surface area contributed by atoms with E-state index in [1.54, 1.807) is 6.92 Å². The second-order valence-corrected chi connectivity index (χ2v) is 6.17. The highest BCUT2D eigenvalue weighted by Gasteiger charge is 2.31. The maximum atomic E-state index is 12.7. The molecular formula is C19H23ClN2O. The van der Waals surface area contributed by atoms with Crippen molar-refractivity contribution in [1.29, 1.82) is 0 Å². The Bertz CT molecular complexity index is 683. The van der Waals surface area contributed by atoms with Crippen LogP contribution in [0.15, 0.2) is 48.5 Å². The number of anilines is 1. The minimum Gasteiger partial charge on any atom is -0.324 e. The molecule has 0 fully saturated rings. The molecule has 3 nitrogen and oxygen atoms in total. The third kappa shape index (κ3) is 3.57. The van der Waals surface area contributed by atoms with Crippen LogP contribution in [0.4, 0.5) is 5.69 Å². The van der Waals surface area contributed by atoms with Crippen molar-refractivity contribution in [2.24, 2.45) is 5.73 Å². The molecular weight excluding hydrogens is 308 g/mol. The number of carbonyl (C=O) groups excluding carboxylic acids is 1. The fourth-order valence-electron chi connectivity index (χ4n) is 3.07. The molecule has 23 heavy (non-hydrogen) atoms. The van der Waals surface area contributed by atoms with Gasteiger partial charge in [-0.3, -0.25) is 4.79 Å². The largest absolute Gasteiger partial charge is 0.324 e. The lowest BCUT2D eigenvalue weighted by Crippen LogP contribution is -2.45. The Morgan fingerprint density at radius 3 is 2.48 bits per heavy atom. The molecule has 2 aromatic rings. The van der Waals surface area contributed by atoms with Gasteiger partial charge in [0.1, 0.15) is 5.54 Å². The average Bonchev–Trinajstić information content (AvgIpc) is 2.56. The Balaban J connectivity index is 0.00000192. The van der Waals surface area contributed by atoms with Crippen molar-refractivity contribution in [3.8, 4) is 0 Å². The summed E-state index contributed by atoms with van der Waals surface area (Å²) in [5.74, 6) is -0.169. The lowest BCUT2D eigenvalue weighted by Gasteiger charge is -2.26. The summed E-state index contributed by atoms with van der Waals surface area (Å²) >= 11 is 0. The summed E-state index contributed by atoms with van der Waals surface area (Å²) in [5, 5.41) is 3.04. The highest BCUT2D eigenvalue weighted by atomic mass is 35.5. The summed E-state index contributed by atoms with van der Waals surface area (Å²) in [6, 6.07) is 15.6. The van der Waals surface area contributed by atoms with E-state index in [-0.39, 0.29) is 18.3 Å². The van der Waals surface area contributed by atoms with E-state index in [2.05, 4.69) is 11.4 Å². The molecule has 0 heterocycles. The molecule has 1 aliphatic rings. The van der Waals surface area contributed by atoms with E-state index in [4.69, 9.17) is 5.73 Å². The first-order valence-corrected chi connectivity index (χ1v) is 7.85. The van der Waals surface area contributed by atoms with Gasteiger partial charge in [0.05, 0.1) is 0 Å². The first-order chi connectivity index (χ1) is 10.6. The Morgan fingerprint density at radius 2 is 1.74 bits per heavy atom. The van der Waals surface area contributed by atoms with Gasteiger partial charge in [-0.25, -0.2) is 0 Å². The molecule has 2 aromatic carbocycles. The van der Waals surface area contributed by atoms with Gasteiger partial charge in [-0.2, -0.15) is 0 Å². The summed E-state index contributed by atoms with van der Waals surface area (Å²) in [6.07, 6.45) is 4.53. The van der Waals surface area contributed by atoms with E-state index in [0.29, 0.717) is 0 Å². The van der Waals surface area contributed by atoms with Crippen LogP contribution in [0.3, 0.4) is 0 Å². The highest BCUT2D eigenvalue weighted by Crippen LogP contribution is 2.29. The standard InChI is InChI=1S/C19H22N2O.ClH/c1-19(20,15-10-3-2-4-11-15)18(22)21-17-13-7-9-14-8-5-6-12-16(14)17;/h2-4,7,9-11,13H,5-6,8,12,20H2,1H3,(H,21,22);1H. The lowest BCUT2D eigenvalue weighted by atomic mass is 9.89. The number of amides is 1. The van der Waals surface area contributed by atoms with Gasteiger partial charge in [-0.1, -0.05) is 42.5 Å². The van der Waals surface area contributed by atoms with E-state index in [1.807, 2.05) is 42.5 Å². The van der Waals surface area contributed by atoms with Gasteiger partial charge in [0.15, 0.2) is 0 Å². The smallest absolute Gasteiger partial charge is 0.248 e. The Morgan fingerprint density at radius 1 is 1.04 bits per heavy atom. The number of rotatable bonds is 3. The quantitative estimate of drug-likeness (QED) is 0.899. The van der Waals surface area contributed by atoms with Gasteiger partial charge in [0, 0.05) is 5.69 Å². The number of nitrogens with two attached hydrogens (primary N) is 1. The second-order valence-electron chi connectivity index (χ2n) is 6.17. The van der Waals surface area contributed by atoms with Crippen LogP contribution in [0.5, 0.6) is 0 Å². The second kappa shape index (κ2) is 7.16. The van der Waals surface area contributed by atoms with Gasteiger partial charge in [-0.15, -0.1) is 12.4 Å². The zero-order chi connectivity index (χ0) is 15.6. The van der Waals surface area contributed by atoms with Crippen molar-refractivity contribution in [1.82, 2.24) is 0 Å². The minimum atomic E-state index is -1.04. The van der Waals surface area contributed by atoms with E-state index in [9.17, 15) is 4.79 Å². The van der Waals surface area contributed by atoms with E-state index in [0.717, 1.165) is 24.1 Å². The first kappa shape index (κ1) is 17.5. The number of halogens is 1. The van der Waals surface area contributed by atoms with Gasteiger partial charge >= 0.3 is 0 Å². The molecule has 1 unspecified atom stereocenters. The van der Waals surface area contributed by atoms with Crippen molar-refractivity contribution in [2.45, 2.75) is 38.1 Å². The molecule has 1 amide bonds.